The molecule has 5 nitrogen and oxygen atoms in total. The van der Waals surface area contributed by atoms with Crippen LogP contribution in [0.1, 0.15) is 0 Å². The Morgan fingerprint density at radius 2 is 2.04 bits per heavy atom. The van der Waals surface area contributed by atoms with Gasteiger partial charge in [-0.05, 0) is 23.7 Å². The van der Waals surface area contributed by atoms with Crippen molar-refractivity contribution in [3.05, 3.63) is 56.6 Å². The molecular formula is C15H10Cl2FN3O2. The molecule has 1 heterocycles. The molecule has 118 valence electrons. The third kappa shape index (κ3) is 3.15. The highest BCUT2D eigenvalue weighted by molar-refractivity contribution is 6.39. The Morgan fingerprint density at radius 3 is 2.74 bits per heavy atom. The summed E-state index contributed by atoms with van der Waals surface area (Å²) in [5, 5.41) is 4.21. The second-order valence-electron chi connectivity index (χ2n) is 4.84. The average molecular weight is 354 g/mol. The van der Waals surface area contributed by atoms with E-state index >= 15 is 0 Å². The molecule has 1 aliphatic heterocycles. The number of nitrogens with zero attached hydrogens (tertiary/aromatic N) is 3. The van der Waals surface area contributed by atoms with E-state index in [4.69, 9.17) is 38.2 Å². The smallest absolute Gasteiger partial charge is 0.169 e. The van der Waals surface area contributed by atoms with Crippen LogP contribution in [0.15, 0.2) is 35.4 Å². The van der Waals surface area contributed by atoms with Crippen molar-refractivity contribution in [2.24, 2.45) is 5.11 Å². The van der Waals surface area contributed by atoms with Crippen molar-refractivity contribution in [3.63, 3.8) is 0 Å². The molecule has 0 amide bonds. The van der Waals surface area contributed by atoms with Gasteiger partial charge in [0.15, 0.2) is 11.5 Å². The van der Waals surface area contributed by atoms with Crippen LogP contribution in [-0.4, -0.2) is 19.3 Å². The SMILES string of the molecule is [N-]=[N+]=NC[C@H]1COc2cc(F)cc(-c3c(Cl)cccc3Cl)c2O1. The van der Waals surface area contributed by atoms with Crippen LogP contribution in [0.2, 0.25) is 10.0 Å². The molecule has 0 N–H and O–H groups in total. The molecule has 3 rings (SSSR count). The Balaban J connectivity index is 2.12. The largest absolute Gasteiger partial charge is 0.486 e. The first-order chi connectivity index (χ1) is 11.1. The Bertz CT molecular complexity index is 789. The van der Waals surface area contributed by atoms with Gasteiger partial charge in [0, 0.05) is 22.1 Å². The molecule has 0 unspecified atom stereocenters. The summed E-state index contributed by atoms with van der Waals surface area (Å²) < 4.78 is 25.2. The zero-order valence-corrected chi connectivity index (χ0v) is 13.2. The fraction of sp³-hybridized carbons (Fsp3) is 0.200. The molecule has 0 spiro atoms. The molecule has 0 saturated heterocycles. The quantitative estimate of drug-likeness (QED) is 0.429. The predicted octanol–water partition coefficient (Wildman–Crippen LogP) is 5.25. The van der Waals surface area contributed by atoms with E-state index < -0.39 is 11.9 Å². The van der Waals surface area contributed by atoms with E-state index in [2.05, 4.69) is 10.0 Å². The standard InChI is InChI=1S/C15H10Cl2FN3O2/c16-11-2-1-3-12(17)14(11)10-4-8(18)5-13-15(10)23-9(7-22-13)6-20-21-19/h1-5,9H,6-7H2/t9-/m0/s1. The topological polar surface area (TPSA) is 67.2 Å². The molecule has 8 heteroatoms. The van der Waals surface area contributed by atoms with E-state index in [1.165, 1.54) is 12.1 Å². The molecule has 0 aliphatic carbocycles. The van der Waals surface area contributed by atoms with Gasteiger partial charge in [0.1, 0.15) is 18.5 Å². The van der Waals surface area contributed by atoms with Gasteiger partial charge in [-0.3, -0.25) is 0 Å². The summed E-state index contributed by atoms with van der Waals surface area (Å²) in [6.07, 6.45) is -0.469. The van der Waals surface area contributed by atoms with Crippen LogP contribution < -0.4 is 9.47 Å². The molecule has 1 atom stereocenters. The normalized spacial score (nSPS) is 15.9. The maximum absolute atomic E-state index is 13.9. The zero-order valence-electron chi connectivity index (χ0n) is 11.7. The van der Waals surface area contributed by atoms with Gasteiger partial charge in [0.25, 0.3) is 0 Å². The van der Waals surface area contributed by atoms with Gasteiger partial charge in [0.05, 0.1) is 16.6 Å². The molecule has 0 saturated carbocycles. The molecule has 0 bridgehead atoms. The molecule has 2 aromatic carbocycles. The van der Waals surface area contributed by atoms with Crippen LogP contribution >= 0.6 is 23.2 Å². The van der Waals surface area contributed by atoms with E-state index in [1.807, 2.05) is 0 Å². The van der Waals surface area contributed by atoms with Crippen molar-refractivity contribution in [2.45, 2.75) is 6.10 Å². The molecule has 1 aliphatic rings. The van der Waals surface area contributed by atoms with E-state index in [-0.39, 0.29) is 18.9 Å². The van der Waals surface area contributed by atoms with Gasteiger partial charge in [0.2, 0.25) is 0 Å². The second-order valence-corrected chi connectivity index (χ2v) is 5.66. The highest BCUT2D eigenvalue weighted by Gasteiger charge is 2.26. The Kier molecular flexibility index (Phi) is 4.48. The van der Waals surface area contributed by atoms with Crippen molar-refractivity contribution in [1.29, 1.82) is 0 Å². The minimum Gasteiger partial charge on any atom is -0.486 e. The number of fused-ring (bicyclic) bond motifs is 1. The van der Waals surface area contributed by atoms with E-state index in [0.717, 1.165) is 0 Å². The summed E-state index contributed by atoms with van der Waals surface area (Å²) in [6, 6.07) is 7.52. The number of hydrogen-bond donors (Lipinski definition) is 0. The third-order valence-corrected chi connectivity index (χ3v) is 3.94. The fourth-order valence-electron chi connectivity index (χ4n) is 2.34. The molecule has 0 radical (unpaired) electrons. The van der Waals surface area contributed by atoms with Crippen LogP contribution in [0.25, 0.3) is 21.6 Å². The highest BCUT2D eigenvalue weighted by atomic mass is 35.5. The summed E-state index contributed by atoms with van der Waals surface area (Å²) in [6.45, 7) is 0.258. The molecule has 2 aromatic rings. The van der Waals surface area contributed by atoms with Gasteiger partial charge in [-0.15, -0.1) is 0 Å². The van der Waals surface area contributed by atoms with Crippen molar-refractivity contribution < 1.29 is 13.9 Å². The highest BCUT2D eigenvalue weighted by Crippen LogP contribution is 2.46. The monoisotopic (exact) mass is 353 g/mol. The minimum absolute atomic E-state index is 0.100. The van der Waals surface area contributed by atoms with Crippen molar-refractivity contribution in [1.82, 2.24) is 0 Å². The number of hydrogen-bond acceptors (Lipinski definition) is 3. The number of halogens is 3. The van der Waals surface area contributed by atoms with Crippen molar-refractivity contribution >= 4 is 23.2 Å². The van der Waals surface area contributed by atoms with Gasteiger partial charge in [-0.25, -0.2) is 4.39 Å². The summed E-state index contributed by atoms with van der Waals surface area (Å²) in [7, 11) is 0. The van der Waals surface area contributed by atoms with E-state index in [0.29, 0.717) is 26.9 Å². The van der Waals surface area contributed by atoms with Gasteiger partial charge < -0.3 is 9.47 Å². The number of azide groups is 1. The number of ether oxygens (including phenoxy) is 2. The van der Waals surface area contributed by atoms with Crippen LogP contribution in [-0.2, 0) is 0 Å². The minimum atomic E-state index is -0.494. The third-order valence-electron chi connectivity index (χ3n) is 3.31. The van der Waals surface area contributed by atoms with Gasteiger partial charge in [-0.1, -0.05) is 34.4 Å². The Labute approximate surface area is 141 Å². The Hall–Kier alpha value is -2.14. The van der Waals surface area contributed by atoms with Crippen molar-refractivity contribution in [2.75, 3.05) is 13.2 Å². The molecule has 0 aromatic heterocycles. The zero-order chi connectivity index (χ0) is 16.4. The molecule has 0 fully saturated rings. The summed E-state index contributed by atoms with van der Waals surface area (Å²) in [5.74, 6) is 0.0887. The summed E-state index contributed by atoms with van der Waals surface area (Å²) in [4.78, 5) is 2.70. The van der Waals surface area contributed by atoms with Crippen LogP contribution in [0.5, 0.6) is 11.5 Å². The molecule has 23 heavy (non-hydrogen) atoms. The maximum atomic E-state index is 13.9. The molecular weight excluding hydrogens is 344 g/mol. The van der Waals surface area contributed by atoms with Crippen molar-refractivity contribution in [3.8, 4) is 22.6 Å². The van der Waals surface area contributed by atoms with Crippen LogP contribution in [0.3, 0.4) is 0 Å². The fourth-order valence-corrected chi connectivity index (χ4v) is 2.94. The number of benzene rings is 2. The van der Waals surface area contributed by atoms with Gasteiger partial charge >= 0.3 is 0 Å². The first-order valence-electron chi connectivity index (χ1n) is 6.68. The van der Waals surface area contributed by atoms with Gasteiger partial charge in [-0.2, -0.15) is 0 Å². The lowest BCUT2D eigenvalue weighted by atomic mass is 10.0. The first-order valence-corrected chi connectivity index (χ1v) is 7.44. The lowest BCUT2D eigenvalue weighted by Crippen LogP contribution is -2.31. The van der Waals surface area contributed by atoms with Crippen LogP contribution in [0, 0.1) is 5.82 Å². The maximum Gasteiger partial charge on any atom is 0.169 e. The average Bonchev–Trinajstić information content (AvgIpc) is 2.52. The summed E-state index contributed by atoms with van der Waals surface area (Å²) >= 11 is 12.4. The lowest BCUT2D eigenvalue weighted by molar-refractivity contribution is 0.0972. The Morgan fingerprint density at radius 1 is 1.30 bits per heavy atom. The first kappa shape index (κ1) is 15.7. The van der Waals surface area contributed by atoms with E-state index in [1.54, 1.807) is 18.2 Å². The second kappa shape index (κ2) is 6.54. The van der Waals surface area contributed by atoms with Crippen LogP contribution in [0.4, 0.5) is 4.39 Å². The van der Waals surface area contributed by atoms with E-state index in [9.17, 15) is 4.39 Å². The summed E-state index contributed by atoms with van der Waals surface area (Å²) in [5.41, 5.74) is 9.26. The number of rotatable bonds is 3. The lowest BCUT2D eigenvalue weighted by Gasteiger charge is -2.27. The predicted molar refractivity (Wildman–Crippen MR) is 85.8 cm³/mol.